The number of anilines is 1. The summed E-state index contributed by atoms with van der Waals surface area (Å²) >= 11 is 0. The van der Waals surface area contributed by atoms with E-state index in [0.717, 1.165) is 0 Å². The SMILES string of the molecule is [c]1ccc(N2CCC2)cc1. The summed E-state index contributed by atoms with van der Waals surface area (Å²) in [4.78, 5) is 2.37. The first-order valence-electron chi connectivity index (χ1n) is 3.68. The molecule has 0 spiro atoms. The molecule has 0 bridgehead atoms. The lowest BCUT2D eigenvalue weighted by molar-refractivity contribution is 0.618. The molecule has 1 aromatic rings. The number of rotatable bonds is 1. The van der Waals surface area contributed by atoms with Crippen molar-refractivity contribution in [2.45, 2.75) is 6.42 Å². The van der Waals surface area contributed by atoms with Crippen LogP contribution < -0.4 is 4.90 Å². The highest BCUT2D eigenvalue weighted by Crippen LogP contribution is 2.18. The highest BCUT2D eigenvalue weighted by molar-refractivity contribution is 5.47. The van der Waals surface area contributed by atoms with E-state index >= 15 is 0 Å². The van der Waals surface area contributed by atoms with Gasteiger partial charge in [0.1, 0.15) is 0 Å². The molecule has 1 aliphatic rings. The van der Waals surface area contributed by atoms with Gasteiger partial charge in [-0.3, -0.25) is 0 Å². The Morgan fingerprint density at radius 1 is 1.20 bits per heavy atom. The first kappa shape index (κ1) is 5.78. The van der Waals surface area contributed by atoms with Gasteiger partial charge in [-0.15, -0.1) is 0 Å². The van der Waals surface area contributed by atoms with E-state index in [-0.39, 0.29) is 0 Å². The van der Waals surface area contributed by atoms with Crippen LogP contribution in [0.15, 0.2) is 24.3 Å². The van der Waals surface area contributed by atoms with Gasteiger partial charge in [0, 0.05) is 18.8 Å². The number of benzene rings is 1. The molecule has 1 saturated heterocycles. The minimum Gasteiger partial charge on any atom is -0.371 e. The molecule has 0 unspecified atom stereocenters. The van der Waals surface area contributed by atoms with Crippen molar-refractivity contribution in [1.29, 1.82) is 0 Å². The zero-order chi connectivity index (χ0) is 6.81. The molecule has 1 aliphatic heterocycles. The Balaban J connectivity index is 2.18. The van der Waals surface area contributed by atoms with Gasteiger partial charge < -0.3 is 4.90 Å². The topological polar surface area (TPSA) is 3.24 Å². The van der Waals surface area contributed by atoms with E-state index in [2.05, 4.69) is 23.1 Å². The molecule has 1 aromatic carbocycles. The van der Waals surface area contributed by atoms with Crippen molar-refractivity contribution in [2.24, 2.45) is 0 Å². The molecule has 1 radical (unpaired) electrons. The van der Waals surface area contributed by atoms with Crippen molar-refractivity contribution in [3.05, 3.63) is 30.3 Å². The van der Waals surface area contributed by atoms with Crippen molar-refractivity contribution in [3.63, 3.8) is 0 Å². The van der Waals surface area contributed by atoms with Gasteiger partial charge in [0.2, 0.25) is 0 Å². The summed E-state index contributed by atoms with van der Waals surface area (Å²) in [6.45, 7) is 2.45. The van der Waals surface area contributed by atoms with Crippen LogP contribution in [0.3, 0.4) is 0 Å². The minimum atomic E-state index is 1.23. The van der Waals surface area contributed by atoms with Crippen molar-refractivity contribution in [3.8, 4) is 0 Å². The lowest BCUT2D eigenvalue weighted by Gasteiger charge is -2.32. The van der Waals surface area contributed by atoms with Gasteiger partial charge >= 0.3 is 0 Å². The predicted molar refractivity (Wildman–Crippen MR) is 42.1 cm³/mol. The van der Waals surface area contributed by atoms with E-state index in [1.807, 2.05) is 12.1 Å². The number of nitrogens with zero attached hydrogens (tertiary/aromatic N) is 1. The number of hydrogen-bond donors (Lipinski definition) is 0. The molecular weight excluding hydrogens is 122 g/mol. The Labute approximate surface area is 61.3 Å². The standard InChI is InChI=1S/C9H10N/c1-2-5-9(6-3-1)10-7-4-8-10/h2-3,5-6H,4,7-8H2. The van der Waals surface area contributed by atoms with Crippen LogP contribution in [0.4, 0.5) is 5.69 Å². The summed E-state index contributed by atoms with van der Waals surface area (Å²) in [7, 11) is 0. The molecule has 0 amide bonds. The highest BCUT2D eigenvalue weighted by atomic mass is 15.2. The van der Waals surface area contributed by atoms with E-state index in [1.165, 1.54) is 25.2 Å². The Morgan fingerprint density at radius 3 is 2.40 bits per heavy atom. The second-order valence-electron chi connectivity index (χ2n) is 2.60. The zero-order valence-electron chi connectivity index (χ0n) is 5.88. The maximum Gasteiger partial charge on any atom is 0.0366 e. The first-order valence-corrected chi connectivity index (χ1v) is 3.68. The highest BCUT2D eigenvalue weighted by Gasteiger charge is 2.12. The van der Waals surface area contributed by atoms with Crippen LogP contribution in [0.1, 0.15) is 6.42 Å². The Morgan fingerprint density at radius 2 is 1.90 bits per heavy atom. The third-order valence-electron chi connectivity index (χ3n) is 1.92. The molecule has 0 N–H and O–H groups in total. The largest absolute Gasteiger partial charge is 0.371 e. The van der Waals surface area contributed by atoms with Crippen LogP contribution in [0.2, 0.25) is 0 Å². The second-order valence-corrected chi connectivity index (χ2v) is 2.60. The molecule has 2 rings (SSSR count). The quantitative estimate of drug-likeness (QED) is 0.562. The predicted octanol–water partition coefficient (Wildman–Crippen LogP) is 1.70. The molecular formula is C9H10N. The van der Waals surface area contributed by atoms with Crippen molar-refractivity contribution in [1.82, 2.24) is 0 Å². The molecule has 0 atom stereocenters. The fourth-order valence-electron chi connectivity index (χ4n) is 1.16. The molecule has 1 heterocycles. The van der Waals surface area contributed by atoms with Crippen LogP contribution in [0.5, 0.6) is 0 Å². The summed E-state index contributed by atoms with van der Waals surface area (Å²) < 4.78 is 0. The third kappa shape index (κ3) is 0.878. The average Bonchev–Trinajstić information content (AvgIpc) is 1.86. The average molecular weight is 132 g/mol. The van der Waals surface area contributed by atoms with Crippen LogP contribution >= 0.6 is 0 Å². The summed E-state index contributed by atoms with van der Waals surface area (Å²) in [5, 5.41) is 0. The Kier molecular flexibility index (Phi) is 1.35. The molecule has 1 heteroatoms. The van der Waals surface area contributed by atoms with Gasteiger partial charge in [0.05, 0.1) is 0 Å². The molecule has 51 valence electrons. The number of hydrogen-bond acceptors (Lipinski definition) is 1. The fourth-order valence-corrected chi connectivity index (χ4v) is 1.16. The molecule has 0 saturated carbocycles. The van der Waals surface area contributed by atoms with Crippen molar-refractivity contribution in [2.75, 3.05) is 18.0 Å². The van der Waals surface area contributed by atoms with E-state index < -0.39 is 0 Å². The van der Waals surface area contributed by atoms with Crippen LogP contribution in [-0.4, -0.2) is 13.1 Å². The maximum absolute atomic E-state index is 3.01. The van der Waals surface area contributed by atoms with E-state index in [1.54, 1.807) is 0 Å². The molecule has 0 aliphatic carbocycles. The Bertz CT molecular complexity index is 201. The van der Waals surface area contributed by atoms with Gasteiger partial charge in [-0.25, -0.2) is 0 Å². The molecule has 1 nitrogen and oxygen atoms in total. The van der Waals surface area contributed by atoms with Crippen LogP contribution in [0.25, 0.3) is 0 Å². The fraction of sp³-hybridized carbons (Fsp3) is 0.333. The van der Waals surface area contributed by atoms with Crippen LogP contribution in [0, 0.1) is 6.07 Å². The summed E-state index contributed by atoms with van der Waals surface area (Å²) in [5.41, 5.74) is 1.34. The van der Waals surface area contributed by atoms with Gasteiger partial charge in [-0.1, -0.05) is 12.1 Å². The van der Waals surface area contributed by atoms with Gasteiger partial charge in [0.15, 0.2) is 0 Å². The smallest absolute Gasteiger partial charge is 0.0366 e. The second kappa shape index (κ2) is 2.33. The van der Waals surface area contributed by atoms with E-state index in [4.69, 9.17) is 0 Å². The zero-order valence-corrected chi connectivity index (χ0v) is 5.88. The lowest BCUT2D eigenvalue weighted by atomic mass is 10.2. The van der Waals surface area contributed by atoms with E-state index in [0.29, 0.717) is 0 Å². The van der Waals surface area contributed by atoms with Crippen molar-refractivity contribution < 1.29 is 0 Å². The normalized spacial score (nSPS) is 16.6. The van der Waals surface area contributed by atoms with Gasteiger partial charge in [-0.05, 0) is 24.6 Å². The lowest BCUT2D eigenvalue weighted by Crippen LogP contribution is -2.36. The minimum absolute atomic E-state index is 1.23. The summed E-state index contributed by atoms with van der Waals surface area (Å²) in [5.74, 6) is 0. The van der Waals surface area contributed by atoms with Gasteiger partial charge in [0.25, 0.3) is 0 Å². The van der Waals surface area contributed by atoms with E-state index in [9.17, 15) is 0 Å². The maximum atomic E-state index is 3.01. The monoisotopic (exact) mass is 132 g/mol. The first-order chi connectivity index (χ1) is 4.97. The summed E-state index contributed by atoms with van der Waals surface area (Å²) in [6, 6.07) is 11.2. The molecule has 1 fully saturated rings. The van der Waals surface area contributed by atoms with Gasteiger partial charge in [-0.2, -0.15) is 0 Å². The molecule has 10 heavy (non-hydrogen) atoms. The van der Waals surface area contributed by atoms with Crippen molar-refractivity contribution >= 4 is 5.69 Å². The van der Waals surface area contributed by atoms with Crippen LogP contribution in [-0.2, 0) is 0 Å². The Hall–Kier alpha value is -0.980. The third-order valence-corrected chi connectivity index (χ3v) is 1.92. The molecule has 0 aromatic heterocycles. The summed E-state index contributed by atoms with van der Waals surface area (Å²) in [6.07, 6.45) is 1.35.